The van der Waals surface area contributed by atoms with Gasteiger partial charge in [0.05, 0.1) is 0 Å². The summed E-state index contributed by atoms with van der Waals surface area (Å²) >= 11 is 0. The van der Waals surface area contributed by atoms with E-state index in [4.69, 9.17) is 0 Å². The highest BCUT2D eigenvalue weighted by atomic mass is 16.1. The quantitative estimate of drug-likeness (QED) is 0.793. The molecule has 0 radical (unpaired) electrons. The molecule has 1 fully saturated rings. The number of aryl methyl sites for hydroxylation is 1. The van der Waals surface area contributed by atoms with Crippen LogP contribution >= 0.6 is 0 Å². The van der Waals surface area contributed by atoms with Gasteiger partial charge in [-0.3, -0.25) is 4.79 Å². The molecule has 0 atom stereocenters. The van der Waals surface area contributed by atoms with Gasteiger partial charge in [-0.05, 0) is 19.8 Å². The molecule has 1 aromatic rings. The zero-order chi connectivity index (χ0) is 11.5. The molecule has 0 bridgehead atoms. The van der Waals surface area contributed by atoms with E-state index < -0.39 is 0 Å². The Hall–Kier alpha value is -1.65. The van der Waals surface area contributed by atoms with Crippen LogP contribution < -0.4 is 10.6 Å². The molecule has 1 saturated carbocycles. The number of nitrogens with zero attached hydrogens (tertiary/aromatic N) is 2. The van der Waals surface area contributed by atoms with Crippen LogP contribution in [0.25, 0.3) is 0 Å². The van der Waals surface area contributed by atoms with Crippen LogP contribution in [0.5, 0.6) is 0 Å². The molecule has 1 aromatic heterocycles. The Morgan fingerprint density at radius 2 is 2.12 bits per heavy atom. The van der Waals surface area contributed by atoms with Crippen molar-refractivity contribution in [1.82, 2.24) is 15.3 Å². The molecular weight excluding hydrogens is 204 g/mol. The molecule has 5 heteroatoms. The average molecular weight is 220 g/mol. The van der Waals surface area contributed by atoms with E-state index in [1.165, 1.54) is 0 Å². The minimum absolute atomic E-state index is 0.0429. The van der Waals surface area contributed by atoms with Crippen molar-refractivity contribution < 1.29 is 4.79 Å². The van der Waals surface area contributed by atoms with Crippen molar-refractivity contribution in [3.8, 4) is 0 Å². The number of rotatable bonds is 3. The van der Waals surface area contributed by atoms with E-state index in [1.807, 2.05) is 13.0 Å². The summed E-state index contributed by atoms with van der Waals surface area (Å²) in [5, 5.41) is 6.21. The van der Waals surface area contributed by atoms with Gasteiger partial charge in [-0.1, -0.05) is 0 Å². The lowest BCUT2D eigenvalue weighted by Gasteiger charge is -2.36. The molecule has 1 heterocycles. The van der Waals surface area contributed by atoms with Gasteiger partial charge in [0.2, 0.25) is 5.91 Å². The summed E-state index contributed by atoms with van der Waals surface area (Å²) in [6.45, 7) is 3.49. The van der Waals surface area contributed by atoms with Crippen molar-refractivity contribution in [2.24, 2.45) is 0 Å². The predicted octanol–water partition coefficient (Wildman–Crippen LogP) is 0.864. The van der Waals surface area contributed by atoms with E-state index >= 15 is 0 Å². The molecule has 1 amide bonds. The first-order valence-electron chi connectivity index (χ1n) is 5.46. The maximum atomic E-state index is 10.8. The Morgan fingerprint density at radius 1 is 1.38 bits per heavy atom. The molecule has 16 heavy (non-hydrogen) atoms. The fraction of sp³-hybridized carbons (Fsp3) is 0.545. The normalized spacial score (nSPS) is 23.4. The van der Waals surface area contributed by atoms with E-state index in [9.17, 15) is 4.79 Å². The Bertz CT molecular complexity index is 387. The van der Waals surface area contributed by atoms with Crippen molar-refractivity contribution in [3.63, 3.8) is 0 Å². The maximum Gasteiger partial charge on any atom is 0.217 e. The summed E-state index contributed by atoms with van der Waals surface area (Å²) in [7, 11) is 0. The van der Waals surface area contributed by atoms with Crippen molar-refractivity contribution in [3.05, 3.63) is 18.1 Å². The maximum absolute atomic E-state index is 10.8. The first kappa shape index (κ1) is 10.9. The molecule has 0 aliphatic heterocycles. The van der Waals surface area contributed by atoms with E-state index in [-0.39, 0.29) is 5.91 Å². The second-order valence-corrected chi connectivity index (χ2v) is 4.25. The average Bonchev–Trinajstić information content (AvgIpc) is 2.14. The number of amides is 1. The van der Waals surface area contributed by atoms with E-state index in [0.717, 1.165) is 24.4 Å². The molecular formula is C11H16N4O. The van der Waals surface area contributed by atoms with Crippen LogP contribution in [0.3, 0.4) is 0 Å². The van der Waals surface area contributed by atoms with Crippen molar-refractivity contribution in [2.75, 3.05) is 5.32 Å². The molecule has 2 rings (SSSR count). The number of hydrogen-bond acceptors (Lipinski definition) is 4. The van der Waals surface area contributed by atoms with Gasteiger partial charge in [0.15, 0.2) is 0 Å². The second-order valence-electron chi connectivity index (χ2n) is 4.25. The molecule has 0 spiro atoms. The minimum atomic E-state index is 0.0429. The lowest BCUT2D eigenvalue weighted by molar-refractivity contribution is -0.120. The smallest absolute Gasteiger partial charge is 0.217 e. The number of carbonyl (C=O) groups is 1. The zero-order valence-electron chi connectivity index (χ0n) is 9.53. The fourth-order valence-corrected chi connectivity index (χ4v) is 1.88. The van der Waals surface area contributed by atoms with Gasteiger partial charge in [-0.2, -0.15) is 0 Å². The number of aromatic nitrogens is 2. The topological polar surface area (TPSA) is 66.9 Å². The Balaban J connectivity index is 1.79. The number of anilines is 1. The Morgan fingerprint density at radius 3 is 2.75 bits per heavy atom. The molecule has 5 nitrogen and oxygen atoms in total. The third-order valence-electron chi connectivity index (χ3n) is 2.70. The van der Waals surface area contributed by atoms with Crippen LogP contribution in [0.15, 0.2) is 12.4 Å². The largest absolute Gasteiger partial charge is 0.367 e. The van der Waals surface area contributed by atoms with E-state index in [0.29, 0.717) is 12.1 Å². The summed E-state index contributed by atoms with van der Waals surface area (Å²) in [5.74, 6) is 0.903. The third kappa shape index (κ3) is 2.68. The highest BCUT2D eigenvalue weighted by molar-refractivity contribution is 5.73. The van der Waals surface area contributed by atoms with E-state index in [2.05, 4.69) is 20.6 Å². The van der Waals surface area contributed by atoms with Crippen LogP contribution in [0.2, 0.25) is 0 Å². The first-order chi connectivity index (χ1) is 7.63. The number of hydrogen-bond donors (Lipinski definition) is 2. The summed E-state index contributed by atoms with van der Waals surface area (Å²) in [6, 6.07) is 2.65. The number of nitrogens with one attached hydrogen (secondary N) is 2. The lowest BCUT2D eigenvalue weighted by Crippen LogP contribution is -2.49. The van der Waals surface area contributed by atoms with Crippen molar-refractivity contribution in [1.29, 1.82) is 0 Å². The van der Waals surface area contributed by atoms with Gasteiger partial charge in [0, 0.05) is 30.8 Å². The standard InChI is InChI=1S/C11H16N4O/c1-7-3-11(13-6-12-7)15-10-4-9(5-10)14-8(2)16/h3,6,9-10H,4-5H2,1-2H3,(H,14,16)(H,12,13,15). The van der Waals surface area contributed by atoms with E-state index in [1.54, 1.807) is 13.3 Å². The lowest BCUT2D eigenvalue weighted by atomic mass is 9.86. The van der Waals surface area contributed by atoms with Gasteiger partial charge in [0.1, 0.15) is 12.1 Å². The van der Waals surface area contributed by atoms with Gasteiger partial charge >= 0.3 is 0 Å². The first-order valence-corrected chi connectivity index (χ1v) is 5.46. The molecule has 0 saturated heterocycles. The molecule has 0 aromatic carbocycles. The fourth-order valence-electron chi connectivity index (χ4n) is 1.88. The molecule has 0 unspecified atom stereocenters. The second kappa shape index (κ2) is 4.47. The van der Waals surface area contributed by atoms with Gasteiger partial charge in [-0.25, -0.2) is 9.97 Å². The van der Waals surface area contributed by atoms with Crippen LogP contribution in [-0.2, 0) is 4.79 Å². The monoisotopic (exact) mass is 220 g/mol. The van der Waals surface area contributed by atoms with Gasteiger partial charge < -0.3 is 10.6 Å². The predicted molar refractivity (Wildman–Crippen MR) is 61.0 cm³/mol. The highest BCUT2D eigenvalue weighted by Crippen LogP contribution is 2.23. The Labute approximate surface area is 94.7 Å². The van der Waals surface area contributed by atoms with Crippen LogP contribution in [0, 0.1) is 6.92 Å². The summed E-state index contributed by atoms with van der Waals surface area (Å²) < 4.78 is 0. The molecule has 1 aliphatic carbocycles. The van der Waals surface area contributed by atoms with Crippen molar-refractivity contribution in [2.45, 2.75) is 38.8 Å². The number of carbonyl (C=O) groups excluding carboxylic acids is 1. The Kier molecular flexibility index (Phi) is 3.03. The SMILES string of the molecule is CC(=O)NC1CC(Nc2cc(C)ncn2)C1. The van der Waals surface area contributed by atoms with Gasteiger partial charge in [0.25, 0.3) is 0 Å². The summed E-state index contributed by atoms with van der Waals surface area (Å²) in [5.41, 5.74) is 0.954. The minimum Gasteiger partial charge on any atom is -0.367 e. The van der Waals surface area contributed by atoms with Crippen LogP contribution in [0.4, 0.5) is 5.82 Å². The van der Waals surface area contributed by atoms with Crippen molar-refractivity contribution >= 4 is 11.7 Å². The van der Waals surface area contributed by atoms with Gasteiger partial charge in [-0.15, -0.1) is 0 Å². The highest BCUT2D eigenvalue weighted by Gasteiger charge is 2.29. The summed E-state index contributed by atoms with van der Waals surface area (Å²) in [6.07, 6.45) is 3.48. The molecule has 2 N–H and O–H groups in total. The summed E-state index contributed by atoms with van der Waals surface area (Å²) in [4.78, 5) is 19.0. The zero-order valence-corrected chi connectivity index (χ0v) is 9.53. The molecule has 86 valence electrons. The van der Waals surface area contributed by atoms with Crippen LogP contribution in [0.1, 0.15) is 25.5 Å². The molecule has 1 aliphatic rings. The van der Waals surface area contributed by atoms with Crippen LogP contribution in [-0.4, -0.2) is 28.0 Å². The third-order valence-corrected chi connectivity index (χ3v) is 2.70.